The van der Waals surface area contributed by atoms with Crippen LogP contribution in [0.1, 0.15) is 19.4 Å². The molecule has 17 heavy (non-hydrogen) atoms. The van der Waals surface area contributed by atoms with Crippen LogP contribution in [0.25, 0.3) is 0 Å². The number of nitrogens with one attached hydrogen (secondary N) is 1. The molecule has 0 aliphatic carbocycles. The van der Waals surface area contributed by atoms with Crippen LogP contribution in [-0.4, -0.2) is 32.3 Å². The summed E-state index contributed by atoms with van der Waals surface area (Å²) in [5, 5.41) is 3.46. The van der Waals surface area contributed by atoms with E-state index in [0.717, 1.165) is 32.0 Å². The van der Waals surface area contributed by atoms with Crippen LogP contribution in [0.3, 0.4) is 0 Å². The number of benzene rings is 1. The number of hydrogen-bond donors (Lipinski definition) is 1. The first-order chi connectivity index (χ1) is 8.20. The van der Waals surface area contributed by atoms with Crippen molar-refractivity contribution in [3.63, 3.8) is 0 Å². The Morgan fingerprint density at radius 3 is 2.94 bits per heavy atom. The van der Waals surface area contributed by atoms with Crippen molar-refractivity contribution in [3.05, 3.63) is 23.8 Å². The molecule has 1 fully saturated rings. The lowest BCUT2D eigenvalue weighted by atomic mass is 10.1. The van der Waals surface area contributed by atoms with E-state index in [1.165, 1.54) is 11.3 Å². The van der Waals surface area contributed by atoms with Crippen molar-refractivity contribution in [1.82, 2.24) is 5.32 Å². The highest BCUT2D eigenvalue weighted by Crippen LogP contribution is 2.25. The summed E-state index contributed by atoms with van der Waals surface area (Å²) in [6.45, 7) is 10.3. The van der Waals surface area contributed by atoms with Gasteiger partial charge in [-0.25, -0.2) is 0 Å². The van der Waals surface area contributed by atoms with Gasteiger partial charge in [0.05, 0.1) is 6.61 Å². The molecular weight excluding hydrogens is 212 g/mol. The number of rotatable bonds is 3. The third-order valence-corrected chi connectivity index (χ3v) is 3.19. The fraction of sp³-hybridized carbons (Fsp3) is 0.571. The van der Waals surface area contributed by atoms with Crippen LogP contribution in [-0.2, 0) is 0 Å². The minimum absolute atomic E-state index is 0.565. The second-order valence-corrected chi connectivity index (χ2v) is 4.68. The summed E-state index contributed by atoms with van der Waals surface area (Å²) in [6.07, 6.45) is 0. The Hall–Kier alpha value is -1.22. The molecule has 1 aromatic carbocycles. The van der Waals surface area contributed by atoms with Crippen molar-refractivity contribution < 1.29 is 4.74 Å². The Balaban J connectivity index is 2.13. The van der Waals surface area contributed by atoms with Gasteiger partial charge in [-0.1, -0.05) is 0 Å². The molecule has 94 valence electrons. The molecule has 2 rings (SSSR count). The summed E-state index contributed by atoms with van der Waals surface area (Å²) in [6, 6.07) is 7.04. The first-order valence-electron chi connectivity index (χ1n) is 6.42. The summed E-state index contributed by atoms with van der Waals surface area (Å²) < 4.78 is 5.57. The van der Waals surface area contributed by atoms with Gasteiger partial charge in [0.2, 0.25) is 0 Å². The molecule has 1 aliphatic heterocycles. The maximum atomic E-state index is 5.57. The maximum absolute atomic E-state index is 5.57. The lowest BCUT2D eigenvalue weighted by Gasteiger charge is -2.34. The van der Waals surface area contributed by atoms with Crippen LogP contribution in [0.4, 0.5) is 5.69 Å². The number of nitrogens with zero attached hydrogens (tertiary/aromatic N) is 1. The Bertz CT molecular complexity index is 378. The largest absolute Gasteiger partial charge is 0.494 e. The molecule has 0 spiro atoms. The first-order valence-corrected chi connectivity index (χ1v) is 6.42. The second kappa shape index (κ2) is 5.41. The molecule has 1 aliphatic rings. The molecule has 1 saturated heterocycles. The van der Waals surface area contributed by atoms with Gasteiger partial charge in [-0.05, 0) is 44.5 Å². The third-order valence-electron chi connectivity index (χ3n) is 3.19. The van der Waals surface area contributed by atoms with Crippen LogP contribution in [0.5, 0.6) is 5.75 Å². The summed E-state index contributed by atoms with van der Waals surface area (Å²) >= 11 is 0. The van der Waals surface area contributed by atoms with Crippen LogP contribution >= 0.6 is 0 Å². The van der Waals surface area contributed by atoms with Gasteiger partial charge in [0.25, 0.3) is 0 Å². The van der Waals surface area contributed by atoms with Crippen molar-refractivity contribution in [2.45, 2.75) is 26.8 Å². The molecule has 1 aromatic rings. The van der Waals surface area contributed by atoms with Gasteiger partial charge in [0.15, 0.2) is 0 Å². The standard InChI is InChI=1S/C14H22N2O/c1-4-17-14-6-5-13(9-11(14)2)16-8-7-15-12(3)10-16/h5-6,9,12,15H,4,7-8,10H2,1-3H3/t12-/m1/s1. The predicted octanol–water partition coefficient (Wildman–Crippen LogP) is 2.19. The van der Waals surface area contributed by atoms with Gasteiger partial charge in [-0.2, -0.15) is 0 Å². The average molecular weight is 234 g/mol. The Labute approximate surface area is 104 Å². The first kappa shape index (κ1) is 12.2. The summed E-state index contributed by atoms with van der Waals surface area (Å²) in [5.41, 5.74) is 2.52. The Kier molecular flexibility index (Phi) is 3.89. The zero-order valence-corrected chi connectivity index (χ0v) is 11.0. The van der Waals surface area contributed by atoms with E-state index in [2.05, 4.69) is 42.3 Å². The van der Waals surface area contributed by atoms with Gasteiger partial charge in [0.1, 0.15) is 5.75 Å². The van der Waals surface area contributed by atoms with E-state index in [1.807, 2.05) is 6.92 Å². The van der Waals surface area contributed by atoms with Gasteiger partial charge in [0, 0.05) is 31.4 Å². The molecule has 0 bridgehead atoms. The van der Waals surface area contributed by atoms with E-state index in [1.54, 1.807) is 0 Å². The highest BCUT2D eigenvalue weighted by Gasteiger charge is 2.16. The monoisotopic (exact) mass is 234 g/mol. The summed E-state index contributed by atoms with van der Waals surface area (Å²) in [5.74, 6) is 0.999. The fourth-order valence-corrected chi connectivity index (χ4v) is 2.31. The average Bonchev–Trinajstić information content (AvgIpc) is 2.32. The third kappa shape index (κ3) is 2.91. The van der Waals surface area contributed by atoms with Crippen LogP contribution < -0.4 is 15.0 Å². The van der Waals surface area contributed by atoms with Crippen LogP contribution in [0.15, 0.2) is 18.2 Å². The molecule has 0 unspecified atom stereocenters. The molecule has 1 atom stereocenters. The second-order valence-electron chi connectivity index (χ2n) is 4.68. The molecule has 3 nitrogen and oxygen atoms in total. The Morgan fingerprint density at radius 1 is 1.47 bits per heavy atom. The number of hydrogen-bond acceptors (Lipinski definition) is 3. The molecular formula is C14H22N2O. The van der Waals surface area contributed by atoms with Crippen LogP contribution in [0.2, 0.25) is 0 Å². The van der Waals surface area contributed by atoms with E-state index in [-0.39, 0.29) is 0 Å². The van der Waals surface area contributed by atoms with E-state index in [4.69, 9.17) is 4.74 Å². The quantitative estimate of drug-likeness (QED) is 0.867. The maximum Gasteiger partial charge on any atom is 0.122 e. The topological polar surface area (TPSA) is 24.5 Å². The molecule has 0 aromatic heterocycles. The number of ether oxygens (including phenoxy) is 1. The summed E-state index contributed by atoms with van der Waals surface area (Å²) in [7, 11) is 0. The minimum atomic E-state index is 0.565. The van der Waals surface area contributed by atoms with E-state index < -0.39 is 0 Å². The minimum Gasteiger partial charge on any atom is -0.494 e. The highest BCUT2D eigenvalue weighted by molar-refractivity contribution is 5.53. The molecule has 0 saturated carbocycles. The van der Waals surface area contributed by atoms with E-state index >= 15 is 0 Å². The van der Waals surface area contributed by atoms with E-state index in [9.17, 15) is 0 Å². The van der Waals surface area contributed by atoms with Gasteiger partial charge in [-0.3, -0.25) is 0 Å². The molecule has 1 N–H and O–H groups in total. The summed E-state index contributed by atoms with van der Waals surface area (Å²) in [4.78, 5) is 2.43. The van der Waals surface area contributed by atoms with Crippen molar-refractivity contribution in [2.24, 2.45) is 0 Å². The van der Waals surface area contributed by atoms with Crippen molar-refractivity contribution in [1.29, 1.82) is 0 Å². The van der Waals surface area contributed by atoms with Gasteiger partial charge in [-0.15, -0.1) is 0 Å². The number of aryl methyl sites for hydroxylation is 1. The van der Waals surface area contributed by atoms with Gasteiger partial charge < -0.3 is 15.0 Å². The fourth-order valence-electron chi connectivity index (χ4n) is 2.31. The van der Waals surface area contributed by atoms with Crippen molar-refractivity contribution >= 4 is 5.69 Å². The molecule has 0 radical (unpaired) electrons. The normalized spacial score (nSPS) is 20.4. The van der Waals surface area contributed by atoms with Crippen molar-refractivity contribution in [3.8, 4) is 5.75 Å². The number of anilines is 1. The zero-order chi connectivity index (χ0) is 12.3. The van der Waals surface area contributed by atoms with Crippen LogP contribution in [0, 0.1) is 6.92 Å². The van der Waals surface area contributed by atoms with Gasteiger partial charge >= 0.3 is 0 Å². The van der Waals surface area contributed by atoms with E-state index in [0.29, 0.717) is 6.04 Å². The smallest absolute Gasteiger partial charge is 0.122 e. The Morgan fingerprint density at radius 2 is 2.29 bits per heavy atom. The number of piperazine rings is 1. The molecule has 1 heterocycles. The SMILES string of the molecule is CCOc1ccc(N2CCN[C@H](C)C2)cc1C. The molecule has 3 heteroatoms. The lowest BCUT2D eigenvalue weighted by Crippen LogP contribution is -2.49. The molecule has 0 amide bonds. The highest BCUT2D eigenvalue weighted by atomic mass is 16.5. The zero-order valence-electron chi connectivity index (χ0n) is 11.0. The predicted molar refractivity (Wildman–Crippen MR) is 72.0 cm³/mol. The lowest BCUT2D eigenvalue weighted by molar-refractivity contribution is 0.338. The van der Waals surface area contributed by atoms with Crippen molar-refractivity contribution in [2.75, 3.05) is 31.1 Å².